The number of ether oxygens (including phenoxy) is 1. The summed E-state index contributed by atoms with van der Waals surface area (Å²) in [4.78, 5) is 12.2. The van der Waals surface area contributed by atoms with Crippen molar-refractivity contribution in [2.75, 3.05) is 12.4 Å². The summed E-state index contributed by atoms with van der Waals surface area (Å²) in [7, 11) is 1.66. The molecular formula is C18H19NO2. The maximum atomic E-state index is 12.2. The van der Waals surface area contributed by atoms with Crippen molar-refractivity contribution in [1.82, 2.24) is 0 Å². The van der Waals surface area contributed by atoms with Crippen molar-refractivity contribution in [3.05, 3.63) is 59.7 Å². The number of anilines is 1. The summed E-state index contributed by atoms with van der Waals surface area (Å²) in [6.45, 7) is 2.03. The second-order valence-corrected chi connectivity index (χ2v) is 5.58. The first kappa shape index (κ1) is 13.7. The molecule has 1 aliphatic carbocycles. The molecule has 2 aromatic rings. The number of amides is 1. The van der Waals surface area contributed by atoms with Crippen LogP contribution in [-0.2, 0) is 4.79 Å². The minimum absolute atomic E-state index is 0.0831. The van der Waals surface area contributed by atoms with Gasteiger partial charge in [-0.15, -0.1) is 0 Å². The highest BCUT2D eigenvalue weighted by atomic mass is 16.5. The van der Waals surface area contributed by atoms with Crippen LogP contribution >= 0.6 is 0 Å². The molecule has 0 aliphatic heterocycles. The van der Waals surface area contributed by atoms with Crippen LogP contribution in [0.2, 0.25) is 0 Å². The van der Waals surface area contributed by atoms with Crippen molar-refractivity contribution in [3.63, 3.8) is 0 Å². The first-order chi connectivity index (χ1) is 10.2. The van der Waals surface area contributed by atoms with E-state index in [0.717, 1.165) is 17.9 Å². The van der Waals surface area contributed by atoms with E-state index in [9.17, 15) is 4.79 Å². The minimum atomic E-state index is 0.0831. The molecule has 0 radical (unpaired) electrons. The van der Waals surface area contributed by atoms with Crippen molar-refractivity contribution < 1.29 is 9.53 Å². The second kappa shape index (κ2) is 5.60. The average molecular weight is 281 g/mol. The van der Waals surface area contributed by atoms with Gasteiger partial charge in [0.05, 0.1) is 7.11 Å². The fourth-order valence-electron chi connectivity index (χ4n) is 2.58. The van der Waals surface area contributed by atoms with Gasteiger partial charge in [-0.1, -0.05) is 29.8 Å². The van der Waals surface area contributed by atoms with Crippen LogP contribution in [-0.4, -0.2) is 13.0 Å². The molecule has 3 rings (SSSR count). The number of hydrogen-bond acceptors (Lipinski definition) is 2. The second-order valence-electron chi connectivity index (χ2n) is 5.58. The van der Waals surface area contributed by atoms with E-state index in [0.29, 0.717) is 5.92 Å². The molecule has 2 aromatic carbocycles. The summed E-state index contributed by atoms with van der Waals surface area (Å²) in [5.41, 5.74) is 3.27. The maximum Gasteiger partial charge on any atom is 0.228 e. The summed E-state index contributed by atoms with van der Waals surface area (Å²) in [6.07, 6.45) is 0.921. The Morgan fingerprint density at radius 2 is 1.76 bits per heavy atom. The third kappa shape index (κ3) is 3.07. The molecule has 108 valence electrons. The van der Waals surface area contributed by atoms with E-state index in [2.05, 4.69) is 5.32 Å². The van der Waals surface area contributed by atoms with E-state index in [1.165, 1.54) is 11.1 Å². The topological polar surface area (TPSA) is 38.3 Å². The van der Waals surface area contributed by atoms with Gasteiger partial charge in [-0.2, -0.15) is 0 Å². The van der Waals surface area contributed by atoms with Gasteiger partial charge in [0.1, 0.15) is 5.75 Å². The SMILES string of the molecule is COc1ccc(C2CC2C(=O)Nc2ccc(C)cc2)cc1. The van der Waals surface area contributed by atoms with Gasteiger partial charge in [-0.05, 0) is 49.1 Å². The third-order valence-corrected chi connectivity index (χ3v) is 3.99. The van der Waals surface area contributed by atoms with Gasteiger partial charge in [-0.3, -0.25) is 4.79 Å². The number of carbonyl (C=O) groups is 1. The largest absolute Gasteiger partial charge is 0.497 e. The van der Waals surface area contributed by atoms with E-state index >= 15 is 0 Å². The Morgan fingerprint density at radius 1 is 1.10 bits per heavy atom. The zero-order chi connectivity index (χ0) is 14.8. The molecule has 0 heterocycles. The Bertz CT molecular complexity index is 631. The van der Waals surface area contributed by atoms with Crippen molar-refractivity contribution in [3.8, 4) is 5.75 Å². The molecule has 3 nitrogen and oxygen atoms in total. The van der Waals surface area contributed by atoms with Crippen LogP contribution in [0.4, 0.5) is 5.69 Å². The van der Waals surface area contributed by atoms with Gasteiger partial charge in [-0.25, -0.2) is 0 Å². The lowest BCUT2D eigenvalue weighted by Crippen LogP contribution is -2.14. The molecule has 0 aromatic heterocycles. The molecule has 2 unspecified atom stereocenters. The van der Waals surface area contributed by atoms with Crippen molar-refractivity contribution in [1.29, 1.82) is 0 Å². The van der Waals surface area contributed by atoms with Crippen molar-refractivity contribution in [2.45, 2.75) is 19.3 Å². The van der Waals surface area contributed by atoms with Crippen LogP contribution < -0.4 is 10.1 Å². The van der Waals surface area contributed by atoms with Crippen molar-refractivity contribution >= 4 is 11.6 Å². The predicted molar refractivity (Wildman–Crippen MR) is 83.7 cm³/mol. The standard InChI is InChI=1S/C18H19NO2/c1-12-3-7-14(8-4-12)19-18(20)17-11-16(17)13-5-9-15(21-2)10-6-13/h3-10,16-17H,11H2,1-2H3,(H,19,20). The van der Waals surface area contributed by atoms with E-state index in [1.54, 1.807) is 7.11 Å². The van der Waals surface area contributed by atoms with E-state index in [4.69, 9.17) is 4.74 Å². The zero-order valence-electron chi connectivity index (χ0n) is 12.3. The molecule has 0 bridgehead atoms. The number of carbonyl (C=O) groups excluding carboxylic acids is 1. The van der Waals surface area contributed by atoms with Gasteiger partial charge in [0.2, 0.25) is 5.91 Å². The van der Waals surface area contributed by atoms with Gasteiger partial charge in [0.25, 0.3) is 0 Å². The number of methoxy groups -OCH3 is 1. The minimum Gasteiger partial charge on any atom is -0.497 e. The maximum absolute atomic E-state index is 12.2. The van der Waals surface area contributed by atoms with Crippen LogP contribution in [0, 0.1) is 12.8 Å². The van der Waals surface area contributed by atoms with Gasteiger partial charge in [0, 0.05) is 11.6 Å². The molecule has 1 aliphatic rings. The quantitative estimate of drug-likeness (QED) is 0.927. The first-order valence-corrected chi connectivity index (χ1v) is 7.19. The molecule has 2 atom stereocenters. The molecule has 21 heavy (non-hydrogen) atoms. The van der Waals surface area contributed by atoms with Gasteiger partial charge < -0.3 is 10.1 Å². The Labute approximate surface area is 124 Å². The number of aryl methyl sites for hydroxylation is 1. The summed E-state index contributed by atoms with van der Waals surface area (Å²) >= 11 is 0. The van der Waals surface area contributed by atoms with Crippen LogP contribution in [0.1, 0.15) is 23.5 Å². The molecule has 1 saturated carbocycles. The molecule has 3 heteroatoms. The summed E-state index contributed by atoms with van der Waals surface area (Å²) in [5, 5.41) is 2.99. The Kier molecular flexibility index (Phi) is 3.65. The Morgan fingerprint density at radius 3 is 2.38 bits per heavy atom. The van der Waals surface area contributed by atoms with E-state index in [1.807, 2.05) is 55.5 Å². The third-order valence-electron chi connectivity index (χ3n) is 3.99. The molecule has 0 saturated heterocycles. The molecular weight excluding hydrogens is 262 g/mol. The smallest absolute Gasteiger partial charge is 0.228 e. The summed E-state index contributed by atoms with van der Waals surface area (Å²) in [5.74, 6) is 1.38. The highest BCUT2D eigenvalue weighted by molar-refractivity contribution is 5.95. The fourth-order valence-corrected chi connectivity index (χ4v) is 2.58. The van der Waals surface area contributed by atoms with Gasteiger partial charge in [0.15, 0.2) is 0 Å². The fraction of sp³-hybridized carbons (Fsp3) is 0.278. The number of benzene rings is 2. The lowest BCUT2D eigenvalue weighted by Gasteiger charge is -2.06. The van der Waals surface area contributed by atoms with Crippen LogP contribution in [0.25, 0.3) is 0 Å². The van der Waals surface area contributed by atoms with Crippen LogP contribution in [0.5, 0.6) is 5.75 Å². The van der Waals surface area contributed by atoms with E-state index < -0.39 is 0 Å². The zero-order valence-corrected chi connectivity index (χ0v) is 12.3. The van der Waals surface area contributed by atoms with E-state index in [-0.39, 0.29) is 11.8 Å². The Hall–Kier alpha value is -2.29. The average Bonchev–Trinajstić information content (AvgIpc) is 3.30. The highest BCUT2D eigenvalue weighted by Gasteiger charge is 2.43. The molecule has 0 spiro atoms. The summed E-state index contributed by atoms with van der Waals surface area (Å²) in [6, 6.07) is 15.9. The number of nitrogens with one attached hydrogen (secondary N) is 1. The molecule has 1 amide bonds. The monoisotopic (exact) mass is 281 g/mol. The normalized spacial score (nSPS) is 19.9. The van der Waals surface area contributed by atoms with Crippen LogP contribution in [0.3, 0.4) is 0 Å². The summed E-state index contributed by atoms with van der Waals surface area (Å²) < 4.78 is 5.15. The Balaban J connectivity index is 1.61. The number of rotatable bonds is 4. The highest BCUT2D eigenvalue weighted by Crippen LogP contribution is 2.48. The van der Waals surface area contributed by atoms with Gasteiger partial charge >= 0.3 is 0 Å². The lowest BCUT2D eigenvalue weighted by molar-refractivity contribution is -0.117. The predicted octanol–water partition coefficient (Wildman–Crippen LogP) is 3.75. The number of hydrogen-bond donors (Lipinski definition) is 1. The van der Waals surface area contributed by atoms with Crippen LogP contribution in [0.15, 0.2) is 48.5 Å². The lowest BCUT2D eigenvalue weighted by atomic mass is 10.1. The molecule has 1 fully saturated rings. The molecule has 1 N–H and O–H groups in total. The first-order valence-electron chi connectivity index (χ1n) is 7.19. The van der Waals surface area contributed by atoms with Crippen molar-refractivity contribution in [2.24, 2.45) is 5.92 Å².